The molecule has 2 aromatic heterocycles. The molecule has 2 unspecified atom stereocenters. The number of hydrogen-bond donors (Lipinski definition) is 2. The van der Waals surface area contributed by atoms with Crippen molar-refractivity contribution in [2.45, 2.75) is 18.4 Å². The molecule has 3 amide bonds. The second-order valence-electron chi connectivity index (χ2n) is 7.23. The highest BCUT2D eigenvalue weighted by Gasteiger charge is 2.44. The van der Waals surface area contributed by atoms with Crippen molar-refractivity contribution >= 4 is 49.2 Å². The molecule has 0 saturated heterocycles. The van der Waals surface area contributed by atoms with Crippen LogP contribution in [0.4, 0.5) is 4.79 Å². The minimum Gasteiger partial charge on any atom is -0.442 e. The summed E-state index contributed by atoms with van der Waals surface area (Å²) in [6.45, 7) is 1.89. The number of sulfone groups is 1. The van der Waals surface area contributed by atoms with E-state index < -0.39 is 39.2 Å². The number of amides is 3. The molecule has 12 nitrogen and oxygen atoms in total. The van der Waals surface area contributed by atoms with Crippen LogP contribution in [0.15, 0.2) is 29.4 Å². The fraction of sp³-hybridized carbons (Fsp3) is 0.278. The molecule has 0 radical (unpaired) electrons. The van der Waals surface area contributed by atoms with E-state index in [2.05, 4.69) is 15.2 Å². The molecule has 2 atom stereocenters. The van der Waals surface area contributed by atoms with Crippen molar-refractivity contribution in [1.29, 1.82) is 0 Å². The van der Waals surface area contributed by atoms with Crippen molar-refractivity contribution in [3.05, 3.63) is 35.0 Å². The van der Waals surface area contributed by atoms with Gasteiger partial charge in [0.05, 0.1) is 21.6 Å². The van der Waals surface area contributed by atoms with E-state index in [1.54, 1.807) is 10.7 Å². The van der Waals surface area contributed by atoms with Crippen molar-refractivity contribution in [1.82, 2.24) is 19.8 Å². The van der Waals surface area contributed by atoms with Gasteiger partial charge in [-0.05, 0) is 25.1 Å². The number of primary amides is 2. The first-order chi connectivity index (χ1) is 15.0. The van der Waals surface area contributed by atoms with Crippen LogP contribution < -0.4 is 11.5 Å². The highest BCUT2D eigenvalue weighted by atomic mass is 32.2. The Kier molecular flexibility index (Phi) is 5.13. The molecule has 0 fully saturated rings. The summed E-state index contributed by atoms with van der Waals surface area (Å²) in [6, 6.07) is 6.33. The number of benzene rings is 1. The number of aryl methyl sites for hydroxylation is 2. The SMILES string of the molecule is Cc1cc(-c2ccc3nc(C(C4=NN(C(N)=O)C(C(N)=O)O4)S(C)(=O)=O)sc3c2)n(C)n1. The quantitative estimate of drug-likeness (QED) is 0.541. The number of carbonyl (C=O) groups is 2. The predicted octanol–water partition coefficient (Wildman–Crippen LogP) is 0.627. The third-order valence-corrected chi connectivity index (χ3v) is 7.22. The number of hydrogen-bond acceptors (Lipinski definition) is 9. The minimum atomic E-state index is -3.87. The van der Waals surface area contributed by atoms with Crippen LogP contribution in [0.1, 0.15) is 16.0 Å². The average Bonchev–Trinajstić information content (AvgIpc) is 3.36. The summed E-state index contributed by atoms with van der Waals surface area (Å²) in [5.41, 5.74) is 13.6. The lowest BCUT2D eigenvalue weighted by molar-refractivity contribution is -0.129. The van der Waals surface area contributed by atoms with Crippen LogP contribution in [-0.2, 0) is 26.4 Å². The second-order valence-corrected chi connectivity index (χ2v) is 10.4. The lowest BCUT2D eigenvalue weighted by Crippen LogP contribution is -2.45. The van der Waals surface area contributed by atoms with Gasteiger partial charge in [0, 0.05) is 18.9 Å². The maximum Gasteiger partial charge on any atom is 0.339 e. The molecule has 0 spiro atoms. The Morgan fingerprint density at radius 2 is 1.97 bits per heavy atom. The molecule has 3 aromatic rings. The number of nitrogens with two attached hydrogens (primary N) is 2. The zero-order valence-electron chi connectivity index (χ0n) is 17.2. The third kappa shape index (κ3) is 3.78. The predicted molar refractivity (Wildman–Crippen MR) is 117 cm³/mol. The number of rotatable bonds is 5. The zero-order chi connectivity index (χ0) is 23.4. The summed E-state index contributed by atoms with van der Waals surface area (Å²) in [5.74, 6) is -1.45. The van der Waals surface area contributed by atoms with Crippen molar-refractivity contribution in [3.8, 4) is 11.3 Å². The molecule has 32 heavy (non-hydrogen) atoms. The van der Waals surface area contributed by atoms with E-state index in [4.69, 9.17) is 16.2 Å². The van der Waals surface area contributed by atoms with E-state index in [1.165, 1.54) is 0 Å². The second kappa shape index (κ2) is 7.56. The van der Waals surface area contributed by atoms with Gasteiger partial charge in [-0.25, -0.2) is 18.2 Å². The van der Waals surface area contributed by atoms with E-state index in [-0.39, 0.29) is 5.01 Å². The van der Waals surface area contributed by atoms with Crippen LogP contribution in [0, 0.1) is 6.92 Å². The summed E-state index contributed by atoms with van der Waals surface area (Å²) in [6.07, 6.45) is -0.660. The van der Waals surface area contributed by atoms with E-state index >= 15 is 0 Å². The molecule has 4 rings (SSSR count). The molecule has 1 aliphatic heterocycles. The van der Waals surface area contributed by atoms with E-state index in [1.807, 2.05) is 32.2 Å². The third-order valence-electron chi connectivity index (χ3n) is 4.71. The van der Waals surface area contributed by atoms with Crippen molar-refractivity contribution in [3.63, 3.8) is 0 Å². The first-order valence-electron chi connectivity index (χ1n) is 9.19. The topological polar surface area (TPSA) is 176 Å². The number of thiazole rings is 1. The molecule has 0 aliphatic carbocycles. The summed E-state index contributed by atoms with van der Waals surface area (Å²) < 4.78 is 33.1. The first kappa shape index (κ1) is 21.7. The largest absolute Gasteiger partial charge is 0.442 e. The number of nitrogens with zero attached hydrogens (tertiary/aromatic N) is 5. The average molecular weight is 478 g/mol. The molecule has 0 saturated carbocycles. The zero-order valence-corrected chi connectivity index (χ0v) is 18.8. The van der Waals surface area contributed by atoms with Gasteiger partial charge in [-0.3, -0.25) is 9.48 Å². The smallest absolute Gasteiger partial charge is 0.339 e. The Labute approximate surface area is 186 Å². The number of hydrazone groups is 1. The maximum atomic E-state index is 12.6. The van der Waals surface area contributed by atoms with Crippen LogP contribution in [0.5, 0.6) is 0 Å². The monoisotopic (exact) mass is 477 g/mol. The van der Waals surface area contributed by atoms with Crippen LogP contribution in [0.2, 0.25) is 0 Å². The number of fused-ring (bicyclic) bond motifs is 1. The van der Waals surface area contributed by atoms with Gasteiger partial charge < -0.3 is 16.2 Å². The summed E-state index contributed by atoms with van der Waals surface area (Å²) in [4.78, 5) is 27.6. The van der Waals surface area contributed by atoms with Crippen LogP contribution in [0.25, 0.3) is 21.5 Å². The van der Waals surface area contributed by atoms with Crippen LogP contribution >= 0.6 is 11.3 Å². The molecule has 14 heteroatoms. The standard InChI is InChI=1S/C18H19N7O5S2/c1-8-6-11(24(2)22-8)9-4-5-10-12(7-9)31-16(21-10)13(32(3,28)29)15-23-25(18(20)27)17(30-15)14(19)26/h4-7,13,17H,1-3H3,(H2,19,26)(H2,20,27). The normalized spacial score (nSPS) is 17.3. The molecule has 0 bridgehead atoms. The van der Waals surface area contributed by atoms with Crippen LogP contribution in [0.3, 0.4) is 0 Å². The van der Waals surface area contributed by atoms with Crippen molar-refractivity contribution < 1.29 is 22.7 Å². The van der Waals surface area contributed by atoms with Gasteiger partial charge in [0.2, 0.25) is 5.90 Å². The fourth-order valence-corrected chi connectivity index (χ4v) is 5.91. The van der Waals surface area contributed by atoms with Gasteiger partial charge in [0.25, 0.3) is 12.1 Å². The lowest BCUT2D eigenvalue weighted by atomic mass is 10.1. The molecule has 1 aromatic carbocycles. The summed E-state index contributed by atoms with van der Waals surface area (Å²) in [7, 11) is -2.03. The number of urea groups is 1. The lowest BCUT2D eigenvalue weighted by Gasteiger charge is -2.15. The molecular weight excluding hydrogens is 458 g/mol. The van der Waals surface area contributed by atoms with Crippen molar-refractivity contribution in [2.75, 3.05) is 6.26 Å². The maximum absolute atomic E-state index is 12.6. The Bertz CT molecular complexity index is 1390. The highest BCUT2D eigenvalue weighted by molar-refractivity contribution is 7.91. The molecule has 168 valence electrons. The fourth-order valence-electron chi connectivity index (χ4n) is 3.37. The van der Waals surface area contributed by atoms with Gasteiger partial charge in [0.15, 0.2) is 15.1 Å². The molecular formula is C18H19N7O5S2. The Morgan fingerprint density at radius 1 is 1.25 bits per heavy atom. The highest BCUT2D eigenvalue weighted by Crippen LogP contribution is 2.36. The molecule has 1 aliphatic rings. The van der Waals surface area contributed by atoms with Gasteiger partial charge >= 0.3 is 6.03 Å². The van der Waals surface area contributed by atoms with Crippen LogP contribution in [-0.4, -0.2) is 58.5 Å². The summed E-state index contributed by atoms with van der Waals surface area (Å²) >= 11 is 1.13. The number of aromatic nitrogens is 3. The van der Waals surface area contributed by atoms with Gasteiger partial charge in [0.1, 0.15) is 5.01 Å². The number of carbonyl (C=O) groups excluding carboxylic acids is 2. The minimum absolute atomic E-state index is 0.161. The van der Waals surface area contributed by atoms with Gasteiger partial charge in [-0.2, -0.15) is 10.1 Å². The van der Waals surface area contributed by atoms with Gasteiger partial charge in [-0.1, -0.05) is 6.07 Å². The first-order valence-corrected chi connectivity index (χ1v) is 12.0. The van der Waals surface area contributed by atoms with E-state index in [9.17, 15) is 18.0 Å². The Hall–Kier alpha value is -3.52. The summed E-state index contributed by atoms with van der Waals surface area (Å²) in [5, 5.41) is 7.37. The Morgan fingerprint density at radius 3 is 2.50 bits per heavy atom. The molecule has 4 N–H and O–H groups in total. The Balaban J connectivity index is 1.79. The number of ether oxygens (including phenoxy) is 1. The van der Waals surface area contributed by atoms with Crippen molar-refractivity contribution in [2.24, 2.45) is 23.6 Å². The van der Waals surface area contributed by atoms with E-state index in [0.29, 0.717) is 10.5 Å². The molecule has 3 heterocycles. The van der Waals surface area contributed by atoms with Gasteiger partial charge in [-0.15, -0.1) is 16.4 Å². The van der Waals surface area contributed by atoms with E-state index in [0.717, 1.165) is 39.2 Å².